The first-order valence-corrected chi connectivity index (χ1v) is 10.3. The number of para-hydroxylation sites is 2. The average Bonchev–Trinajstić information content (AvgIpc) is 3.15. The molecule has 0 atom stereocenters. The smallest absolute Gasteiger partial charge is 0.416 e. The van der Waals surface area contributed by atoms with Crippen molar-refractivity contribution in [3.8, 4) is 16.3 Å². The van der Waals surface area contributed by atoms with Crippen molar-refractivity contribution < 1.29 is 32.2 Å². The van der Waals surface area contributed by atoms with Crippen molar-refractivity contribution in [1.82, 2.24) is 4.98 Å². The van der Waals surface area contributed by atoms with Crippen LogP contribution in [0.1, 0.15) is 27.9 Å². The number of aromatic nitrogens is 1. The van der Waals surface area contributed by atoms with E-state index in [0.29, 0.717) is 34.3 Å². The molecule has 0 aliphatic rings. The van der Waals surface area contributed by atoms with Gasteiger partial charge >= 0.3 is 12.1 Å². The van der Waals surface area contributed by atoms with Gasteiger partial charge in [0, 0.05) is 5.56 Å². The SMILES string of the molecule is CCOc1ccccc1NC(=O)COC(=O)c1sc(-c2ccc(C(F)(F)F)cc2)nc1C. The monoisotopic (exact) mass is 464 g/mol. The highest BCUT2D eigenvalue weighted by molar-refractivity contribution is 7.17. The van der Waals surface area contributed by atoms with Crippen molar-refractivity contribution in [3.63, 3.8) is 0 Å². The average molecular weight is 464 g/mol. The van der Waals surface area contributed by atoms with Crippen LogP contribution in [0.4, 0.5) is 18.9 Å². The number of esters is 1. The number of hydrogen-bond acceptors (Lipinski definition) is 6. The Morgan fingerprint density at radius 2 is 1.78 bits per heavy atom. The number of carbonyl (C=O) groups excluding carboxylic acids is 2. The molecule has 32 heavy (non-hydrogen) atoms. The Kier molecular flexibility index (Phi) is 7.14. The van der Waals surface area contributed by atoms with Crippen LogP contribution < -0.4 is 10.1 Å². The van der Waals surface area contributed by atoms with Crippen LogP contribution in [0.3, 0.4) is 0 Å². The zero-order valence-electron chi connectivity index (χ0n) is 17.2. The van der Waals surface area contributed by atoms with E-state index in [0.717, 1.165) is 23.5 Å². The van der Waals surface area contributed by atoms with Gasteiger partial charge in [0.15, 0.2) is 6.61 Å². The fourth-order valence-electron chi connectivity index (χ4n) is 2.75. The number of hydrogen-bond donors (Lipinski definition) is 1. The molecule has 0 bridgehead atoms. The first kappa shape index (κ1) is 23.3. The van der Waals surface area contributed by atoms with E-state index in [-0.39, 0.29) is 4.88 Å². The molecule has 0 saturated carbocycles. The van der Waals surface area contributed by atoms with Crippen LogP contribution in [0.2, 0.25) is 0 Å². The Bertz CT molecular complexity index is 1110. The lowest BCUT2D eigenvalue weighted by Crippen LogP contribution is -2.21. The first-order chi connectivity index (χ1) is 15.2. The molecule has 1 amide bonds. The summed E-state index contributed by atoms with van der Waals surface area (Å²) in [6.07, 6.45) is -4.43. The van der Waals surface area contributed by atoms with Gasteiger partial charge in [-0.25, -0.2) is 9.78 Å². The van der Waals surface area contributed by atoms with Gasteiger partial charge in [0.05, 0.1) is 23.6 Å². The Morgan fingerprint density at radius 1 is 1.09 bits per heavy atom. The van der Waals surface area contributed by atoms with Gasteiger partial charge < -0.3 is 14.8 Å². The van der Waals surface area contributed by atoms with Crippen molar-refractivity contribution in [1.29, 1.82) is 0 Å². The zero-order valence-corrected chi connectivity index (χ0v) is 18.0. The maximum absolute atomic E-state index is 12.7. The summed E-state index contributed by atoms with van der Waals surface area (Å²) >= 11 is 0.980. The molecule has 1 aromatic heterocycles. The zero-order chi connectivity index (χ0) is 23.3. The fraction of sp³-hybridized carbons (Fsp3) is 0.227. The second-order valence-corrected chi connectivity index (χ2v) is 7.56. The van der Waals surface area contributed by atoms with Crippen molar-refractivity contribution in [2.45, 2.75) is 20.0 Å². The van der Waals surface area contributed by atoms with Gasteiger partial charge in [0.25, 0.3) is 5.91 Å². The largest absolute Gasteiger partial charge is 0.492 e. The van der Waals surface area contributed by atoms with Gasteiger partial charge in [-0.2, -0.15) is 13.2 Å². The molecular formula is C22H19F3N2O4S. The van der Waals surface area contributed by atoms with Crippen molar-refractivity contribution in [2.75, 3.05) is 18.5 Å². The number of nitrogens with one attached hydrogen (secondary N) is 1. The summed E-state index contributed by atoms with van der Waals surface area (Å²) in [7, 11) is 0. The van der Waals surface area contributed by atoms with Crippen molar-refractivity contribution in [3.05, 3.63) is 64.7 Å². The van der Waals surface area contributed by atoms with Crippen LogP contribution in [-0.2, 0) is 15.7 Å². The number of alkyl halides is 3. The van der Waals surface area contributed by atoms with E-state index in [9.17, 15) is 22.8 Å². The van der Waals surface area contributed by atoms with Crippen LogP contribution in [0.15, 0.2) is 48.5 Å². The van der Waals surface area contributed by atoms with Gasteiger partial charge in [-0.15, -0.1) is 11.3 Å². The topological polar surface area (TPSA) is 77.5 Å². The van der Waals surface area contributed by atoms with E-state index in [2.05, 4.69) is 10.3 Å². The van der Waals surface area contributed by atoms with Crippen LogP contribution in [0.5, 0.6) is 5.75 Å². The minimum Gasteiger partial charge on any atom is -0.492 e. The normalized spacial score (nSPS) is 11.2. The molecule has 2 aromatic carbocycles. The number of anilines is 1. The third-order valence-corrected chi connectivity index (χ3v) is 5.42. The van der Waals surface area contributed by atoms with Crippen LogP contribution in [-0.4, -0.2) is 30.1 Å². The predicted molar refractivity (Wildman–Crippen MR) is 114 cm³/mol. The number of nitrogens with zero attached hydrogens (tertiary/aromatic N) is 1. The Hall–Kier alpha value is -3.40. The highest BCUT2D eigenvalue weighted by Gasteiger charge is 2.30. The highest BCUT2D eigenvalue weighted by Crippen LogP contribution is 2.33. The fourth-order valence-corrected chi connectivity index (χ4v) is 3.71. The highest BCUT2D eigenvalue weighted by atomic mass is 32.1. The van der Waals surface area contributed by atoms with Gasteiger partial charge in [-0.3, -0.25) is 4.79 Å². The summed E-state index contributed by atoms with van der Waals surface area (Å²) in [5, 5.41) is 2.99. The summed E-state index contributed by atoms with van der Waals surface area (Å²) < 4.78 is 48.7. The molecule has 1 N–H and O–H groups in total. The number of thiazole rings is 1. The molecule has 3 rings (SSSR count). The van der Waals surface area contributed by atoms with Gasteiger partial charge in [0.2, 0.25) is 0 Å². The summed E-state index contributed by atoms with van der Waals surface area (Å²) in [5.41, 5.74) is 0.479. The van der Waals surface area contributed by atoms with Gasteiger partial charge in [0.1, 0.15) is 15.6 Å². The molecule has 6 nitrogen and oxygen atoms in total. The second-order valence-electron chi connectivity index (χ2n) is 6.56. The number of carbonyl (C=O) groups is 2. The van der Waals surface area contributed by atoms with E-state index in [1.807, 2.05) is 6.92 Å². The van der Waals surface area contributed by atoms with E-state index < -0.39 is 30.2 Å². The summed E-state index contributed by atoms with van der Waals surface area (Å²) in [4.78, 5) is 29.0. The van der Waals surface area contributed by atoms with E-state index in [1.54, 1.807) is 31.2 Å². The Labute approximate surface area is 186 Å². The maximum Gasteiger partial charge on any atom is 0.416 e. The molecule has 0 spiro atoms. The molecule has 168 valence electrons. The van der Waals surface area contributed by atoms with Crippen LogP contribution >= 0.6 is 11.3 Å². The van der Waals surface area contributed by atoms with E-state index in [4.69, 9.17) is 9.47 Å². The molecule has 1 heterocycles. The molecule has 0 unspecified atom stereocenters. The standard InChI is InChI=1S/C22H19F3N2O4S/c1-3-30-17-7-5-4-6-16(17)27-18(28)12-31-21(29)19-13(2)26-20(32-19)14-8-10-15(11-9-14)22(23,24)25/h4-11H,3,12H2,1-2H3,(H,27,28). The molecule has 3 aromatic rings. The van der Waals surface area contributed by atoms with Crippen LogP contribution in [0.25, 0.3) is 10.6 Å². The lowest BCUT2D eigenvalue weighted by Gasteiger charge is -2.11. The quantitative estimate of drug-likeness (QED) is 0.478. The van der Waals surface area contributed by atoms with Crippen molar-refractivity contribution >= 4 is 28.9 Å². The molecule has 10 heteroatoms. The van der Waals surface area contributed by atoms with E-state index in [1.165, 1.54) is 12.1 Å². The minimum absolute atomic E-state index is 0.169. The third-order valence-electron chi connectivity index (χ3n) is 4.24. The first-order valence-electron chi connectivity index (χ1n) is 9.53. The molecule has 0 saturated heterocycles. The molecular weight excluding hydrogens is 445 g/mol. The lowest BCUT2D eigenvalue weighted by atomic mass is 10.1. The Balaban J connectivity index is 1.64. The Morgan fingerprint density at radius 3 is 2.44 bits per heavy atom. The lowest BCUT2D eigenvalue weighted by molar-refractivity contribution is -0.137. The maximum atomic E-state index is 12.7. The molecule has 0 aliphatic heterocycles. The minimum atomic E-state index is -4.43. The van der Waals surface area contributed by atoms with Gasteiger partial charge in [-0.1, -0.05) is 24.3 Å². The predicted octanol–water partition coefficient (Wildman–Crippen LogP) is 5.33. The summed E-state index contributed by atoms with van der Waals surface area (Å²) in [6.45, 7) is 3.30. The number of ether oxygens (including phenoxy) is 2. The number of benzene rings is 2. The summed E-state index contributed by atoms with van der Waals surface area (Å²) in [6, 6.07) is 11.3. The molecule has 0 aliphatic carbocycles. The number of amides is 1. The number of halogens is 3. The van der Waals surface area contributed by atoms with E-state index >= 15 is 0 Å². The number of rotatable bonds is 7. The van der Waals surface area contributed by atoms with Crippen molar-refractivity contribution in [2.24, 2.45) is 0 Å². The van der Waals surface area contributed by atoms with Gasteiger partial charge in [-0.05, 0) is 38.1 Å². The number of aryl methyl sites for hydroxylation is 1. The summed E-state index contributed by atoms with van der Waals surface area (Å²) in [5.74, 6) is -0.795. The molecule has 0 fully saturated rings. The van der Waals surface area contributed by atoms with Crippen LogP contribution in [0, 0.1) is 6.92 Å². The molecule has 0 radical (unpaired) electrons. The third kappa shape index (κ3) is 5.64. The second kappa shape index (κ2) is 9.82.